The largest absolute Gasteiger partial charge is 0.497 e. The molecule has 10 heteroatoms. The molecule has 9 nitrogen and oxygen atoms in total. The van der Waals surface area contributed by atoms with Crippen molar-refractivity contribution in [3.63, 3.8) is 0 Å². The van der Waals surface area contributed by atoms with Gasteiger partial charge in [-0.25, -0.2) is 10.4 Å². The van der Waals surface area contributed by atoms with E-state index in [0.717, 1.165) is 12.1 Å². The SMILES string of the molecule is CCc1ccc(N2C(=O)C3CNNC3N=C2SCC(=O)Nc2ccc(OC)cc2OC)cc1. The Morgan fingerprint density at radius 1 is 1.21 bits per heavy atom. The van der Waals surface area contributed by atoms with Gasteiger partial charge >= 0.3 is 0 Å². The predicted octanol–water partition coefficient (Wildman–Crippen LogP) is 2.39. The first-order chi connectivity index (χ1) is 16.0. The van der Waals surface area contributed by atoms with Crippen LogP contribution in [0.4, 0.5) is 11.4 Å². The molecule has 2 aliphatic rings. The van der Waals surface area contributed by atoms with Crippen molar-refractivity contribution >= 4 is 40.1 Å². The first kappa shape index (κ1) is 23.1. The third-order valence-electron chi connectivity index (χ3n) is 5.55. The molecule has 2 aliphatic heterocycles. The van der Waals surface area contributed by atoms with Crippen LogP contribution in [-0.4, -0.2) is 49.7 Å². The summed E-state index contributed by atoms with van der Waals surface area (Å²) in [5, 5.41) is 3.34. The summed E-state index contributed by atoms with van der Waals surface area (Å²) in [6, 6.07) is 13.0. The summed E-state index contributed by atoms with van der Waals surface area (Å²) in [4.78, 5) is 32.3. The average molecular weight is 470 g/mol. The number of methoxy groups -OCH3 is 2. The van der Waals surface area contributed by atoms with E-state index in [1.165, 1.54) is 24.4 Å². The van der Waals surface area contributed by atoms with Crippen LogP contribution in [0.2, 0.25) is 0 Å². The molecule has 0 aliphatic carbocycles. The van der Waals surface area contributed by atoms with Crippen molar-refractivity contribution in [3.05, 3.63) is 48.0 Å². The van der Waals surface area contributed by atoms with Gasteiger partial charge in [-0.2, -0.15) is 0 Å². The first-order valence-corrected chi connectivity index (χ1v) is 11.7. The molecule has 0 radical (unpaired) electrons. The lowest BCUT2D eigenvalue weighted by Crippen LogP contribution is -2.49. The highest BCUT2D eigenvalue weighted by Crippen LogP contribution is 2.31. The van der Waals surface area contributed by atoms with E-state index in [4.69, 9.17) is 14.5 Å². The van der Waals surface area contributed by atoms with Crippen molar-refractivity contribution in [1.29, 1.82) is 0 Å². The summed E-state index contributed by atoms with van der Waals surface area (Å²) < 4.78 is 10.5. The van der Waals surface area contributed by atoms with Gasteiger partial charge in [0.05, 0.1) is 37.3 Å². The fourth-order valence-electron chi connectivity index (χ4n) is 3.71. The van der Waals surface area contributed by atoms with Crippen molar-refractivity contribution < 1.29 is 19.1 Å². The van der Waals surface area contributed by atoms with Crippen molar-refractivity contribution in [1.82, 2.24) is 10.9 Å². The van der Waals surface area contributed by atoms with E-state index >= 15 is 0 Å². The Morgan fingerprint density at radius 2 is 2.00 bits per heavy atom. The van der Waals surface area contributed by atoms with E-state index in [0.29, 0.717) is 28.9 Å². The maximum Gasteiger partial charge on any atom is 0.241 e. The zero-order chi connectivity index (χ0) is 23.4. The van der Waals surface area contributed by atoms with Crippen molar-refractivity contribution in [2.75, 3.05) is 36.7 Å². The number of ether oxygens (including phenoxy) is 2. The summed E-state index contributed by atoms with van der Waals surface area (Å²) in [6.07, 6.45) is 0.563. The highest BCUT2D eigenvalue weighted by Gasteiger charge is 2.42. The van der Waals surface area contributed by atoms with E-state index in [2.05, 4.69) is 23.1 Å². The number of carbonyl (C=O) groups is 2. The molecule has 0 saturated carbocycles. The number of benzene rings is 2. The minimum Gasteiger partial charge on any atom is -0.497 e. The molecule has 3 N–H and O–H groups in total. The summed E-state index contributed by atoms with van der Waals surface area (Å²) in [7, 11) is 3.10. The summed E-state index contributed by atoms with van der Waals surface area (Å²) in [5.74, 6) is 0.634. The number of anilines is 2. The number of amidine groups is 1. The molecule has 0 bridgehead atoms. The number of amides is 2. The van der Waals surface area contributed by atoms with E-state index in [1.807, 2.05) is 24.3 Å². The third-order valence-corrected chi connectivity index (χ3v) is 6.50. The number of hydrogen-bond acceptors (Lipinski definition) is 8. The van der Waals surface area contributed by atoms with Crippen molar-refractivity contribution in [2.24, 2.45) is 10.9 Å². The molecule has 2 aromatic rings. The highest BCUT2D eigenvalue weighted by atomic mass is 32.2. The van der Waals surface area contributed by atoms with Crippen LogP contribution in [0.25, 0.3) is 0 Å². The van der Waals surface area contributed by atoms with E-state index in [9.17, 15) is 9.59 Å². The van der Waals surface area contributed by atoms with Gasteiger partial charge in [-0.3, -0.25) is 19.9 Å². The first-order valence-electron chi connectivity index (χ1n) is 10.7. The average Bonchev–Trinajstić information content (AvgIpc) is 3.32. The quantitative estimate of drug-likeness (QED) is 0.572. The van der Waals surface area contributed by atoms with Crippen LogP contribution in [0.3, 0.4) is 0 Å². The van der Waals surface area contributed by atoms with Crippen molar-refractivity contribution in [3.8, 4) is 11.5 Å². The number of hydrazine groups is 1. The fourth-order valence-corrected chi connectivity index (χ4v) is 4.55. The molecule has 174 valence electrons. The minimum absolute atomic E-state index is 0.0449. The van der Waals surface area contributed by atoms with Gasteiger partial charge in [-0.05, 0) is 36.2 Å². The summed E-state index contributed by atoms with van der Waals surface area (Å²) in [6.45, 7) is 2.59. The number of aliphatic imine (C=N–C) groups is 1. The van der Waals surface area contributed by atoms with Crippen molar-refractivity contribution in [2.45, 2.75) is 19.5 Å². The lowest BCUT2D eigenvalue weighted by molar-refractivity contribution is -0.121. The van der Waals surface area contributed by atoms with Gasteiger partial charge in [0.2, 0.25) is 11.8 Å². The maximum absolute atomic E-state index is 13.3. The van der Waals surface area contributed by atoms with Gasteiger partial charge in [-0.1, -0.05) is 30.8 Å². The molecule has 2 heterocycles. The molecular formula is C23H27N5O4S. The smallest absolute Gasteiger partial charge is 0.241 e. The van der Waals surface area contributed by atoms with Gasteiger partial charge in [0.15, 0.2) is 5.17 Å². The van der Waals surface area contributed by atoms with Crippen LogP contribution in [0.5, 0.6) is 11.5 Å². The number of fused-ring (bicyclic) bond motifs is 1. The lowest BCUT2D eigenvalue weighted by Gasteiger charge is -2.32. The van der Waals surface area contributed by atoms with Gasteiger partial charge < -0.3 is 14.8 Å². The molecule has 2 unspecified atom stereocenters. The Bertz CT molecular complexity index is 1060. The molecule has 2 aromatic carbocycles. The molecular weight excluding hydrogens is 442 g/mol. The van der Waals surface area contributed by atoms with E-state index in [-0.39, 0.29) is 29.7 Å². The Labute approximate surface area is 196 Å². The molecule has 4 rings (SSSR count). The standard InChI is InChI=1S/C23H27N5O4S/c1-4-14-5-7-15(8-6-14)28-22(30)17-12-24-27-21(17)26-23(28)33-13-20(29)25-18-10-9-16(31-2)11-19(18)32-3/h5-11,17,21,24,27H,4,12-13H2,1-3H3,(H,25,29). The minimum atomic E-state index is -0.351. The molecule has 2 atom stereocenters. The van der Waals surface area contributed by atoms with Crippen LogP contribution < -0.4 is 30.5 Å². The number of aryl methyl sites for hydroxylation is 1. The molecule has 33 heavy (non-hydrogen) atoms. The monoisotopic (exact) mass is 469 g/mol. The Hall–Kier alpha value is -3.08. The number of nitrogens with one attached hydrogen (secondary N) is 3. The van der Waals surface area contributed by atoms with Gasteiger partial charge in [0.25, 0.3) is 0 Å². The number of nitrogens with zero attached hydrogens (tertiary/aromatic N) is 2. The normalized spacial score (nSPS) is 19.7. The van der Waals surface area contributed by atoms with Crippen LogP contribution in [0, 0.1) is 5.92 Å². The zero-order valence-corrected chi connectivity index (χ0v) is 19.6. The zero-order valence-electron chi connectivity index (χ0n) is 18.8. The number of rotatable bonds is 7. The van der Waals surface area contributed by atoms with E-state index in [1.54, 1.807) is 30.2 Å². The van der Waals surface area contributed by atoms with Crippen LogP contribution in [0.1, 0.15) is 12.5 Å². The van der Waals surface area contributed by atoms with Crippen LogP contribution in [0.15, 0.2) is 47.5 Å². The third kappa shape index (κ3) is 4.97. The predicted molar refractivity (Wildman–Crippen MR) is 130 cm³/mol. The second-order valence-electron chi connectivity index (χ2n) is 7.58. The van der Waals surface area contributed by atoms with Gasteiger partial charge in [-0.15, -0.1) is 0 Å². The second kappa shape index (κ2) is 10.2. The van der Waals surface area contributed by atoms with Crippen LogP contribution in [-0.2, 0) is 16.0 Å². The Balaban J connectivity index is 1.50. The number of hydrogen-bond donors (Lipinski definition) is 3. The maximum atomic E-state index is 13.3. The highest BCUT2D eigenvalue weighted by molar-refractivity contribution is 8.14. The number of carbonyl (C=O) groups excluding carboxylic acids is 2. The summed E-state index contributed by atoms with van der Waals surface area (Å²) >= 11 is 1.22. The Kier molecular flexibility index (Phi) is 7.17. The molecule has 0 spiro atoms. The molecule has 2 amide bonds. The topological polar surface area (TPSA) is 104 Å². The molecule has 1 fully saturated rings. The molecule has 1 saturated heterocycles. The fraction of sp³-hybridized carbons (Fsp3) is 0.348. The number of thioether (sulfide) groups is 1. The van der Waals surface area contributed by atoms with E-state index < -0.39 is 0 Å². The lowest BCUT2D eigenvalue weighted by atomic mass is 10.0. The van der Waals surface area contributed by atoms with Crippen LogP contribution >= 0.6 is 11.8 Å². The second-order valence-corrected chi connectivity index (χ2v) is 8.53. The molecule has 0 aromatic heterocycles. The Morgan fingerprint density at radius 3 is 2.70 bits per heavy atom. The summed E-state index contributed by atoms with van der Waals surface area (Å²) in [5.41, 5.74) is 8.51. The van der Waals surface area contributed by atoms with Gasteiger partial charge in [0, 0.05) is 12.6 Å². The van der Waals surface area contributed by atoms with Gasteiger partial charge in [0.1, 0.15) is 17.7 Å².